The third-order valence-corrected chi connectivity index (χ3v) is 3.46. The molecule has 0 aromatic heterocycles. The molecular weight excluding hydrogens is 298 g/mol. The normalized spacial score (nSPS) is 10.3. The van der Waals surface area contributed by atoms with Gasteiger partial charge in [-0.05, 0) is 36.9 Å². The van der Waals surface area contributed by atoms with E-state index in [4.69, 9.17) is 16.9 Å². The molecule has 4 nitrogen and oxygen atoms in total. The van der Waals surface area contributed by atoms with E-state index >= 15 is 0 Å². The number of nitrogens with zero attached hydrogens (tertiary/aromatic N) is 2. The monoisotopic (exact) mass is 313 g/mol. The lowest BCUT2D eigenvalue weighted by molar-refractivity contribution is -0.117. The molecular formula is C17H16ClN3O. The van der Waals surface area contributed by atoms with Crippen molar-refractivity contribution in [1.29, 1.82) is 5.26 Å². The summed E-state index contributed by atoms with van der Waals surface area (Å²) in [7, 11) is 1.86. The van der Waals surface area contributed by atoms with E-state index in [-0.39, 0.29) is 12.5 Å². The minimum absolute atomic E-state index is 0.135. The Morgan fingerprint density at radius 1 is 1.27 bits per heavy atom. The number of halogens is 1. The van der Waals surface area contributed by atoms with E-state index in [0.29, 0.717) is 22.8 Å². The molecule has 0 spiro atoms. The van der Waals surface area contributed by atoms with Crippen LogP contribution in [0.25, 0.3) is 0 Å². The highest BCUT2D eigenvalue weighted by Gasteiger charge is 2.09. The van der Waals surface area contributed by atoms with Crippen molar-refractivity contribution in [3.63, 3.8) is 0 Å². The summed E-state index contributed by atoms with van der Waals surface area (Å²) in [5, 5.41) is 12.3. The van der Waals surface area contributed by atoms with Crippen molar-refractivity contribution in [3.8, 4) is 6.07 Å². The molecule has 1 amide bonds. The number of hydrogen-bond donors (Lipinski definition) is 1. The molecule has 2 aromatic carbocycles. The summed E-state index contributed by atoms with van der Waals surface area (Å²) in [4.78, 5) is 13.9. The number of benzene rings is 2. The fourth-order valence-corrected chi connectivity index (χ4v) is 2.28. The Morgan fingerprint density at radius 2 is 2.05 bits per heavy atom. The molecule has 0 aliphatic carbocycles. The fourth-order valence-electron chi connectivity index (χ4n) is 2.09. The summed E-state index contributed by atoms with van der Waals surface area (Å²) in [5.41, 5.74) is 2.11. The minimum Gasteiger partial charge on any atom is -0.325 e. The molecule has 0 aliphatic rings. The van der Waals surface area contributed by atoms with E-state index in [1.54, 1.807) is 24.3 Å². The van der Waals surface area contributed by atoms with Gasteiger partial charge in [0.25, 0.3) is 0 Å². The first-order chi connectivity index (χ1) is 10.6. The van der Waals surface area contributed by atoms with Crippen LogP contribution in [0.3, 0.4) is 0 Å². The number of nitrogens with one attached hydrogen (secondary N) is 1. The van der Waals surface area contributed by atoms with E-state index in [1.807, 2.05) is 42.3 Å². The first kappa shape index (κ1) is 16.0. The van der Waals surface area contributed by atoms with Gasteiger partial charge >= 0.3 is 0 Å². The molecule has 0 saturated heterocycles. The Morgan fingerprint density at radius 3 is 2.77 bits per heavy atom. The molecule has 22 heavy (non-hydrogen) atoms. The smallest absolute Gasteiger partial charge is 0.238 e. The van der Waals surface area contributed by atoms with Crippen molar-refractivity contribution in [3.05, 3.63) is 64.7 Å². The van der Waals surface area contributed by atoms with Crippen molar-refractivity contribution in [1.82, 2.24) is 4.90 Å². The van der Waals surface area contributed by atoms with Crippen LogP contribution in [0.15, 0.2) is 48.5 Å². The SMILES string of the molecule is CN(CC(=O)Nc1cccc(C#N)c1)Cc1ccccc1Cl. The largest absolute Gasteiger partial charge is 0.325 e. The first-order valence-corrected chi connectivity index (χ1v) is 7.18. The van der Waals surface area contributed by atoms with Crippen molar-refractivity contribution in [2.75, 3.05) is 18.9 Å². The number of hydrogen-bond acceptors (Lipinski definition) is 3. The number of rotatable bonds is 5. The average molecular weight is 314 g/mol. The van der Waals surface area contributed by atoms with Crippen LogP contribution in [-0.2, 0) is 11.3 Å². The van der Waals surface area contributed by atoms with Crippen LogP contribution in [0.5, 0.6) is 0 Å². The molecule has 0 unspecified atom stereocenters. The zero-order valence-electron chi connectivity index (χ0n) is 12.2. The first-order valence-electron chi connectivity index (χ1n) is 6.80. The molecule has 0 atom stereocenters. The second-order valence-corrected chi connectivity index (χ2v) is 5.41. The van der Waals surface area contributed by atoms with Gasteiger partial charge in [-0.1, -0.05) is 35.9 Å². The predicted molar refractivity (Wildman–Crippen MR) is 87.6 cm³/mol. The van der Waals surface area contributed by atoms with E-state index < -0.39 is 0 Å². The summed E-state index contributed by atoms with van der Waals surface area (Å²) in [6.07, 6.45) is 0. The lowest BCUT2D eigenvalue weighted by Gasteiger charge is -2.17. The lowest BCUT2D eigenvalue weighted by Crippen LogP contribution is -2.29. The fraction of sp³-hybridized carbons (Fsp3) is 0.176. The third-order valence-electron chi connectivity index (χ3n) is 3.09. The van der Waals surface area contributed by atoms with Crippen LogP contribution < -0.4 is 5.32 Å². The van der Waals surface area contributed by atoms with Crippen molar-refractivity contribution in [2.45, 2.75) is 6.54 Å². The Labute approximate surface area is 134 Å². The summed E-state index contributed by atoms with van der Waals surface area (Å²) >= 11 is 6.11. The van der Waals surface area contributed by atoms with Gasteiger partial charge in [-0.25, -0.2) is 0 Å². The van der Waals surface area contributed by atoms with Gasteiger partial charge in [0.15, 0.2) is 0 Å². The molecule has 112 valence electrons. The Hall–Kier alpha value is -2.35. The number of nitriles is 1. The minimum atomic E-state index is -0.135. The molecule has 1 N–H and O–H groups in total. The number of carbonyl (C=O) groups is 1. The molecule has 0 radical (unpaired) electrons. The number of amides is 1. The van der Waals surface area contributed by atoms with Gasteiger partial charge in [0.05, 0.1) is 18.2 Å². The van der Waals surface area contributed by atoms with E-state index in [1.165, 1.54) is 0 Å². The Balaban J connectivity index is 1.91. The summed E-state index contributed by atoms with van der Waals surface area (Å²) in [6.45, 7) is 0.827. The highest BCUT2D eigenvalue weighted by atomic mass is 35.5. The summed E-state index contributed by atoms with van der Waals surface area (Å²) < 4.78 is 0. The molecule has 5 heteroatoms. The van der Waals surface area contributed by atoms with Crippen molar-refractivity contribution in [2.24, 2.45) is 0 Å². The molecule has 0 bridgehead atoms. The van der Waals surface area contributed by atoms with Crippen molar-refractivity contribution >= 4 is 23.2 Å². The maximum absolute atomic E-state index is 12.0. The van der Waals surface area contributed by atoms with E-state index in [2.05, 4.69) is 5.32 Å². The van der Waals surface area contributed by atoms with Gasteiger partial charge in [-0.3, -0.25) is 9.69 Å². The van der Waals surface area contributed by atoms with Crippen LogP contribution in [0.2, 0.25) is 5.02 Å². The number of likely N-dealkylation sites (N-methyl/N-ethyl adjacent to an activating group) is 1. The van der Waals surface area contributed by atoms with Gasteiger partial charge in [0, 0.05) is 17.3 Å². The zero-order valence-corrected chi connectivity index (χ0v) is 13.0. The molecule has 0 aliphatic heterocycles. The van der Waals surface area contributed by atoms with Crippen LogP contribution in [0.4, 0.5) is 5.69 Å². The van der Waals surface area contributed by atoms with Gasteiger partial charge in [-0.2, -0.15) is 5.26 Å². The molecule has 2 rings (SSSR count). The summed E-state index contributed by atoms with van der Waals surface area (Å²) in [5.74, 6) is -0.135. The molecule has 0 saturated carbocycles. The molecule has 2 aromatic rings. The van der Waals surface area contributed by atoms with Gasteiger partial charge in [0.1, 0.15) is 0 Å². The maximum atomic E-state index is 12.0. The predicted octanol–water partition coefficient (Wildman–Crippen LogP) is 3.28. The molecule has 0 heterocycles. The topological polar surface area (TPSA) is 56.1 Å². The Kier molecular flexibility index (Phi) is 5.54. The second kappa shape index (κ2) is 7.60. The van der Waals surface area contributed by atoms with Crippen LogP contribution in [0.1, 0.15) is 11.1 Å². The van der Waals surface area contributed by atoms with Crippen LogP contribution in [0, 0.1) is 11.3 Å². The van der Waals surface area contributed by atoms with E-state index in [0.717, 1.165) is 5.56 Å². The Bertz CT molecular complexity index is 709. The van der Waals surface area contributed by atoms with Gasteiger partial charge in [0.2, 0.25) is 5.91 Å². The standard InChI is InChI=1S/C17H16ClN3O/c1-21(11-14-6-2-3-8-16(14)18)12-17(22)20-15-7-4-5-13(9-15)10-19/h2-9H,11-12H2,1H3,(H,20,22). The third kappa shape index (κ3) is 4.59. The van der Waals surface area contributed by atoms with Gasteiger partial charge < -0.3 is 5.32 Å². The highest BCUT2D eigenvalue weighted by molar-refractivity contribution is 6.31. The summed E-state index contributed by atoms with van der Waals surface area (Å²) in [6, 6.07) is 16.4. The van der Waals surface area contributed by atoms with Crippen molar-refractivity contribution < 1.29 is 4.79 Å². The zero-order chi connectivity index (χ0) is 15.9. The number of anilines is 1. The van der Waals surface area contributed by atoms with Crippen LogP contribution >= 0.6 is 11.6 Å². The van der Waals surface area contributed by atoms with Crippen LogP contribution in [-0.4, -0.2) is 24.4 Å². The lowest BCUT2D eigenvalue weighted by atomic mass is 10.2. The quantitative estimate of drug-likeness (QED) is 0.921. The average Bonchev–Trinajstić information content (AvgIpc) is 2.49. The van der Waals surface area contributed by atoms with Gasteiger partial charge in [-0.15, -0.1) is 0 Å². The molecule has 0 fully saturated rings. The van der Waals surface area contributed by atoms with E-state index in [9.17, 15) is 4.79 Å². The number of carbonyl (C=O) groups excluding carboxylic acids is 1. The second-order valence-electron chi connectivity index (χ2n) is 5.00. The highest BCUT2D eigenvalue weighted by Crippen LogP contribution is 2.16. The maximum Gasteiger partial charge on any atom is 0.238 e.